The molecule has 0 amide bonds. The van der Waals surface area contributed by atoms with E-state index in [4.69, 9.17) is 18.0 Å². The van der Waals surface area contributed by atoms with Gasteiger partial charge in [0.25, 0.3) is 0 Å². The molecule has 80 valence electrons. The molecule has 2 aromatic rings. The highest BCUT2D eigenvalue weighted by atomic mass is 35.5. The molecule has 0 aliphatic heterocycles. The standard InChI is InChI=1S/C12H10ClN3/c1-3-8(2)14-11-9-6-4-5-7-10(9)15-12(13)16-11/h1,4-8H,2H3,(H,14,15,16). The van der Waals surface area contributed by atoms with Crippen molar-refractivity contribution in [3.63, 3.8) is 0 Å². The number of nitrogens with one attached hydrogen (secondary N) is 1. The van der Waals surface area contributed by atoms with Gasteiger partial charge >= 0.3 is 0 Å². The summed E-state index contributed by atoms with van der Waals surface area (Å²) in [6.45, 7) is 1.88. The highest BCUT2D eigenvalue weighted by molar-refractivity contribution is 6.28. The number of fused-ring (bicyclic) bond motifs is 1. The van der Waals surface area contributed by atoms with Gasteiger partial charge in [-0.1, -0.05) is 18.1 Å². The molecule has 1 aromatic heterocycles. The van der Waals surface area contributed by atoms with Crippen LogP contribution in [0.4, 0.5) is 5.82 Å². The molecule has 1 atom stereocenters. The molecule has 0 spiro atoms. The maximum Gasteiger partial charge on any atom is 0.224 e. The predicted molar refractivity (Wildman–Crippen MR) is 66.5 cm³/mol. The molecular weight excluding hydrogens is 222 g/mol. The van der Waals surface area contributed by atoms with Crippen molar-refractivity contribution in [1.82, 2.24) is 9.97 Å². The third-order valence-electron chi connectivity index (χ3n) is 2.18. The first-order valence-electron chi connectivity index (χ1n) is 4.85. The van der Waals surface area contributed by atoms with E-state index in [9.17, 15) is 0 Å². The van der Waals surface area contributed by atoms with Gasteiger partial charge in [0.2, 0.25) is 5.28 Å². The molecule has 0 aliphatic rings. The summed E-state index contributed by atoms with van der Waals surface area (Å²) in [5, 5.41) is 4.23. The highest BCUT2D eigenvalue weighted by Gasteiger charge is 2.07. The fourth-order valence-electron chi connectivity index (χ4n) is 1.41. The third-order valence-corrected chi connectivity index (χ3v) is 2.35. The van der Waals surface area contributed by atoms with Crippen molar-refractivity contribution >= 4 is 28.3 Å². The van der Waals surface area contributed by atoms with E-state index in [0.29, 0.717) is 5.82 Å². The van der Waals surface area contributed by atoms with Crippen LogP contribution in [0.3, 0.4) is 0 Å². The maximum atomic E-state index is 5.84. The first kappa shape index (κ1) is 10.7. The Kier molecular flexibility index (Phi) is 2.93. The largest absolute Gasteiger partial charge is 0.356 e. The van der Waals surface area contributed by atoms with Crippen molar-refractivity contribution in [3.8, 4) is 12.3 Å². The summed E-state index contributed by atoms with van der Waals surface area (Å²) in [5.74, 6) is 3.25. The fraction of sp³-hybridized carbons (Fsp3) is 0.167. The van der Waals surface area contributed by atoms with Crippen LogP contribution in [0.1, 0.15) is 6.92 Å². The summed E-state index contributed by atoms with van der Waals surface area (Å²) in [4.78, 5) is 8.27. The van der Waals surface area contributed by atoms with Crippen LogP contribution in [0.5, 0.6) is 0 Å². The highest BCUT2D eigenvalue weighted by Crippen LogP contribution is 2.22. The van der Waals surface area contributed by atoms with Gasteiger partial charge in [-0.05, 0) is 30.7 Å². The van der Waals surface area contributed by atoms with E-state index in [0.717, 1.165) is 10.9 Å². The zero-order chi connectivity index (χ0) is 11.5. The topological polar surface area (TPSA) is 37.8 Å². The van der Waals surface area contributed by atoms with Crippen molar-refractivity contribution in [3.05, 3.63) is 29.5 Å². The van der Waals surface area contributed by atoms with E-state index in [-0.39, 0.29) is 11.3 Å². The lowest BCUT2D eigenvalue weighted by molar-refractivity contribution is 1.01. The van der Waals surface area contributed by atoms with E-state index < -0.39 is 0 Å². The van der Waals surface area contributed by atoms with E-state index in [1.807, 2.05) is 31.2 Å². The number of aromatic nitrogens is 2. The van der Waals surface area contributed by atoms with Gasteiger partial charge in [-0.15, -0.1) is 6.42 Å². The summed E-state index contributed by atoms with van der Waals surface area (Å²) in [6, 6.07) is 7.53. The van der Waals surface area contributed by atoms with Gasteiger partial charge in [-0.3, -0.25) is 0 Å². The summed E-state index contributed by atoms with van der Waals surface area (Å²) in [5.41, 5.74) is 0.800. The molecule has 4 heteroatoms. The minimum atomic E-state index is -0.102. The fourth-order valence-corrected chi connectivity index (χ4v) is 1.58. The van der Waals surface area contributed by atoms with Crippen LogP contribution >= 0.6 is 11.6 Å². The van der Waals surface area contributed by atoms with Crippen LogP contribution in [0.25, 0.3) is 10.9 Å². The molecule has 1 unspecified atom stereocenters. The molecule has 0 bridgehead atoms. The lowest BCUT2D eigenvalue weighted by atomic mass is 10.2. The SMILES string of the molecule is C#CC(C)Nc1nc(Cl)nc2ccccc12. The van der Waals surface area contributed by atoms with Gasteiger partial charge in [-0.25, -0.2) is 9.97 Å². The second-order valence-electron chi connectivity index (χ2n) is 3.39. The van der Waals surface area contributed by atoms with Gasteiger partial charge in [0.05, 0.1) is 11.6 Å². The molecule has 0 radical (unpaired) electrons. The number of hydrogen-bond donors (Lipinski definition) is 1. The smallest absolute Gasteiger partial charge is 0.224 e. The number of rotatable bonds is 2. The van der Waals surface area contributed by atoms with Crippen LogP contribution < -0.4 is 5.32 Å². The Morgan fingerprint density at radius 1 is 1.38 bits per heavy atom. The van der Waals surface area contributed by atoms with Gasteiger partial charge in [-0.2, -0.15) is 0 Å². The number of hydrogen-bond acceptors (Lipinski definition) is 3. The van der Waals surface area contributed by atoms with Crippen molar-refractivity contribution in [2.45, 2.75) is 13.0 Å². The van der Waals surface area contributed by atoms with E-state index in [1.54, 1.807) is 0 Å². The molecule has 1 heterocycles. The molecule has 16 heavy (non-hydrogen) atoms. The molecule has 0 saturated carbocycles. The first-order valence-corrected chi connectivity index (χ1v) is 5.23. The van der Waals surface area contributed by atoms with Gasteiger partial charge < -0.3 is 5.32 Å². The second-order valence-corrected chi connectivity index (χ2v) is 3.73. The van der Waals surface area contributed by atoms with Crippen LogP contribution in [-0.4, -0.2) is 16.0 Å². The number of terminal acetylenes is 1. The van der Waals surface area contributed by atoms with Crippen molar-refractivity contribution in [2.75, 3.05) is 5.32 Å². The lowest BCUT2D eigenvalue weighted by Crippen LogP contribution is -2.13. The van der Waals surface area contributed by atoms with E-state index >= 15 is 0 Å². The molecule has 1 N–H and O–H groups in total. The Morgan fingerprint density at radius 2 is 2.12 bits per heavy atom. The minimum Gasteiger partial charge on any atom is -0.356 e. The van der Waals surface area contributed by atoms with Crippen LogP contribution in [0.15, 0.2) is 24.3 Å². The van der Waals surface area contributed by atoms with Gasteiger partial charge in [0.15, 0.2) is 0 Å². The summed E-state index contributed by atoms with van der Waals surface area (Å²) in [6.07, 6.45) is 5.31. The Labute approximate surface area is 98.9 Å². The van der Waals surface area contributed by atoms with Crippen LogP contribution in [0, 0.1) is 12.3 Å². The van der Waals surface area contributed by atoms with Crippen molar-refractivity contribution in [2.24, 2.45) is 0 Å². The Hall–Kier alpha value is -1.79. The van der Waals surface area contributed by atoms with Gasteiger partial charge in [0.1, 0.15) is 5.82 Å². The van der Waals surface area contributed by atoms with Crippen LogP contribution in [0.2, 0.25) is 5.28 Å². The molecule has 1 aromatic carbocycles. The average molecular weight is 232 g/mol. The number of para-hydroxylation sites is 1. The van der Waals surface area contributed by atoms with Crippen molar-refractivity contribution < 1.29 is 0 Å². The first-order chi connectivity index (χ1) is 7.70. The van der Waals surface area contributed by atoms with E-state index in [1.165, 1.54) is 0 Å². The molecule has 2 rings (SSSR count). The Morgan fingerprint density at radius 3 is 2.88 bits per heavy atom. The lowest BCUT2D eigenvalue weighted by Gasteiger charge is -2.10. The normalized spacial score (nSPS) is 12.1. The van der Waals surface area contributed by atoms with Crippen LogP contribution in [-0.2, 0) is 0 Å². The molecule has 3 nitrogen and oxygen atoms in total. The van der Waals surface area contributed by atoms with E-state index in [2.05, 4.69) is 21.2 Å². The Balaban J connectivity index is 2.55. The Bertz CT molecular complexity index is 560. The maximum absolute atomic E-state index is 5.84. The number of nitrogens with zero attached hydrogens (tertiary/aromatic N) is 2. The summed E-state index contributed by atoms with van der Waals surface area (Å²) in [7, 11) is 0. The van der Waals surface area contributed by atoms with Crippen molar-refractivity contribution in [1.29, 1.82) is 0 Å². The van der Waals surface area contributed by atoms with Gasteiger partial charge in [0, 0.05) is 5.39 Å². The monoisotopic (exact) mass is 231 g/mol. The summed E-state index contributed by atoms with van der Waals surface area (Å²) >= 11 is 5.84. The second kappa shape index (κ2) is 4.38. The third kappa shape index (κ3) is 2.07. The number of halogens is 1. The number of anilines is 1. The summed E-state index contributed by atoms with van der Waals surface area (Å²) < 4.78 is 0. The molecule has 0 aliphatic carbocycles. The predicted octanol–water partition coefficient (Wildman–Crippen LogP) is 2.72. The number of benzene rings is 1. The average Bonchev–Trinajstić information content (AvgIpc) is 2.28. The molecular formula is C12H10ClN3. The quantitative estimate of drug-likeness (QED) is 0.638. The molecule has 0 saturated heterocycles. The zero-order valence-electron chi connectivity index (χ0n) is 8.74. The zero-order valence-corrected chi connectivity index (χ0v) is 9.49. The minimum absolute atomic E-state index is 0.102. The molecule has 0 fully saturated rings.